The number of methoxy groups -OCH3 is 1. The highest BCUT2D eigenvalue weighted by molar-refractivity contribution is 6.82. The van der Waals surface area contributed by atoms with Crippen LogP contribution < -0.4 is 0 Å². The summed E-state index contributed by atoms with van der Waals surface area (Å²) in [6.07, 6.45) is 7.99. The number of Topliss-reactive ketones (excluding diaryl/α,β-unsaturated/α-hetero) is 1. The smallest absolute Gasteiger partial charge is 0.313 e. The quantitative estimate of drug-likeness (QED) is 0.215. The van der Waals surface area contributed by atoms with Crippen molar-refractivity contribution in [2.45, 2.75) is 103 Å². The molecule has 1 aromatic carbocycles. The van der Waals surface area contributed by atoms with Gasteiger partial charge in [-0.05, 0) is 59.6 Å². The van der Waals surface area contributed by atoms with E-state index in [2.05, 4.69) is 58.0 Å². The summed E-state index contributed by atoms with van der Waals surface area (Å²) in [4.78, 5) is 25.4. The number of esters is 1. The lowest BCUT2D eigenvalue weighted by Gasteiger charge is -2.44. The Hall–Kier alpha value is -1.88. The van der Waals surface area contributed by atoms with Crippen LogP contribution >= 0.6 is 0 Å². The van der Waals surface area contributed by atoms with Crippen LogP contribution in [-0.4, -0.2) is 31.3 Å². The predicted molar refractivity (Wildman–Crippen MR) is 140 cm³/mol. The standard InChI is InChI=1S/C28H43NO3Si/c1-18(2)33(19(3)4,20(5)6)29-17-26(24-16-23(21(7)30)13-14-27(24)29)25(28(31)32-8)15-22-11-9-10-12-22/h13-14,16-20,22,25H,9-12,15H2,1-8H3. The maximum atomic E-state index is 13.1. The number of carbonyl (C=O) groups excluding carboxylic acids is 2. The second kappa shape index (κ2) is 10.2. The summed E-state index contributed by atoms with van der Waals surface area (Å²) in [6.45, 7) is 15.8. The van der Waals surface area contributed by atoms with E-state index in [1.807, 2.05) is 12.1 Å². The molecule has 4 nitrogen and oxygen atoms in total. The number of nitrogens with zero attached hydrogens (tertiary/aromatic N) is 1. The van der Waals surface area contributed by atoms with Gasteiger partial charge in [0.25, 0.3) is 0 Å². The van der Waals surface area contributed by atoms with Crippen LogP contribution in [0.25, 0.3) is 10.9 Å². The maximum Gasteiger partial charge on any atom is 0.313 e. The third kappa shape index (κ3) is 4.58. The number of ketones is 1. The Morgan fingerprint density at radius 1 is 1.03 bits per heavy atom. The van der Waals surface area contributed by atoms with Crippen LogP contribution in [0.5, 0.6) is 0 Å². The number of rotatable bonds is 9. The summed E-state index contributed by atoms with van der Waals surface area (Å²) in [5, 5.41) is 1.05. The van der Waals surface area contributed by atoms with Gasteiger partial charge in [0.15, 0.2) is 14.0 Å². The second-order valence-corrected chi connectivity index (χ2v) is 16.8. The Labute approximate surface area is 201 Å². The zero-order valence-electron chi connectivity index (χ0n) is 21.9. The van der Waals surface area contributed by atoms with Gasteiger partial charge in [0.2, 0.25) is 0 Å². The lowest BCUT2D eigenvalue weighted by molar-refractivity contribution is -0.142. The highest BCUT2D eigenvalue weighted by Crippen LogP contribution is 2.46. The molecule has 0 bridgehead atoms. The van der Waals surface area contributed by atoms with Crippen molar-refractivity contribution in [1.29, 1.82) is 0 Å². The molecule has 2 aromatic rings. The van der Waals surface area contributed by atoms with Crippen LogP contribution in [0.15, 0.2) is 24.4 Å². The minimum Gasteiger partial charge on any atom is -0.469 e. The summed E-state index contributed by atoms with van der Waals surface area (Å²) < 4.78 is 7.91. The van der Waals surface area contributed by atoms with Gasteiger partial charge < -0.3 is 8.97 Å². The van der Waals surface area contributed by atoms with Crippen molar-refractivity contribution in [3.05, 3.63) is 35.5 Å². The average molecular weight is 470 g/mol. The van der Waals surface area contributed by atoms with E-state index in [1.54, 1.807) is 6.92 Å². The average Bonchev–Trinajstić information content (AvgIpc) is 3.39. The summed E-state index contributed by atoms with van der Waals surface area (Å²) in [6, 6.07) is 6.10. The molecular weight excluding hydrogens is 426 g/mol. The van der Waals surface area contributed by atoms with Crippen LogP contribution in [0, 0.1) is 5.92 Å². The lowest BCUT2D eigenvalue weighted by atomic mass is 9.87. The molecule has 0 N–H and O–H groups in total. The topological polar surface area (TPSA) is 48.3 Å². The molecule has 5 heteroatoms. The Bertz CT molecular complexity index is 976. The van der Waals surface area contributed by atoms with E-state index in [1.165, 1.54) is 32.8 Å². The first-order valence-electron chi connectivity index (χ1n) is 12.8. The van der Waals surface area contributed by atoms with Gasteiger partial charge >= 0.3 is 5.97 Å². The van der Waals surface area contributed by atoms with Crippen molar-refractivity contribution in [3.63, 3.8) is 0 Å². The molecule has 1 atom stereocenters. The van der Waals surface area contributed by atoms with Gasteiger partial charge in [0.1, 0.15) is 0 Å². The zero-order valence-corrected chi connectivity index (χ0v) is 22.9. The van der Waals surface area contributed by atoms with Gasteiger partial charge in [-0.25, -0.2) is 0 Å². The Morgan fingerprint density at radius 2 is 1.61 bits per heavy atom. The fourth-order valence-electron chi connectivity index (χ4n) is 6.98. The van der Waals surface area contributed by atoms with Gasteiger partial charge in [-0.3, -0.25) is 9.59 Å². The van der Waals surface area contributed by atoms with Crippen LogP contribution in [-0.2, 0) is 9.53 Å². The number of benzene rings is 1. The minimum absolute atomic E-state index is 0.0566. The largest absolute Gasteiger partial charge is 0.469 e. The summed E-state index contributed by atoms with van der Waals surface area (Å²) in [5.41, 5.74) is 4.50. The van der Waals surface area contributed by atoms with Gasteiger partial charge in [-0.1, -0.05) is 67.2 Å². The van der Waals surface area contributed by atoms with Gasteiger partial charge in [0, 0.05) is 22.7 Å². The molecule has 0 amide bonds. The van der Waals surface area contributed by atoms with Crippen LogP contribution in [0.2, 0.25) is 16.6 Å². The molecule has 0 saturated heterocycles. The number of aromatic nitrogens is 1. The molecule has 33 heavy (non-hydrogen) atoms. The normalized spacial score (nSPS) is 16.3. The predicted octanol–water partition coefficient (Wildman–Crippen LogP) is 7.70. The minimum atomic E-state index is -2.05. The molecule has 3 rings (SSSR count). The Balaban J connectivity index is 2.32. The van der Waals surface area contributed by atoms with E-state index in [0.29, 0.717) is 28.1 Å². The number of carbonyl (C=O) groups is 2. The first kappa shape index (κ1) is 25.7. The first-order chi connectivity index (χ1) is 15.5. The third-order valence-corrected chi connectivity index (χ3v) is 15.1. The van der Waals surface area contributed by atoms with E-state index in [4.69, 9.17) is 4.74 Å². The monoisotopic (exact) mass is 469 g/mol. The maximum absolute atomic E-state index is 13.1. The molecule has 1 aromatic heterocycles. The fourth-order valence-corrected chi connectivity index (χ4v) is 13.6. The Kier molecular flexibility index (Phi) is 7.93. The summed E-state index contributed by atoms with van der Waals surface area (Å²) in [5.74, 6) is 0.175. The van der Waals surface area contributed by atoms with Crippen molar-refractivity contribution in [2.24, 2.45) is 5.92 Å². The molecule has 182 valence electrons. The number of hydrogen-bond donors (Lipinski definition) is 0. The van der Waals surface area contributed by atoms with E-state index in [0.717, 1.165) is 22.9 Å². The summed E-state index contributed by atoms with van der Waals surface area (Å²) in [7, 11) is -0.548. The number of fused-ring (bicyclic) bond motifs is 1. The molecule has 1 fully saturated rings. The molecule has 0 spiro atoms. The molecule has 1 unspecified atom stereocenters. The molecule has 1 aliphatic rings. The van der Waals surface area contributed by atoms with Gasteiger partial charge in [0.05, 0.1) is 13.0 Å². The van der Waals surface area contributed by atoms with Crippen LogP contribution in [0.3, 0.4) is 0 Å². The fraction of sp³-hybridized carbons (Fsp3) is 0.643. The SMILES string of the molecule is COC(=O)C(CC1CCCC1)c1cn([Si](C(C)C)(C(C)C)C(C)C)c2ccc(C(C)=O)cc12. The number of hydrogen-bond acceptors (Lipinski definition) is 3. The highest BCUT2D eigenvalue weighted by atomic mass is 28.3. The molecule has 0 radical (unpaired) electrons. The molecule has 0 aliphatic heterocycles. The van der Waals surface area contributed by atoms with E-state index >= 15 is 0 Å². The lowest BCUT2D eigenvalue weighted by Crippen LogP contribution is -2.51. The van der Waals surface area contributed by atoms with E-state index < -0.39 is 8.24 Å². The van der Waals surface area contributed by atoms with Crippen molar-refractivity contribution in [3.8, 4) is 0 Å². The molecule has 1 aliphatic carbocycles. The van der Waals surface area contributed by atoms with E-state index in [-0.39, 0.29) is 17.7 Å². The van der Waals surface area contributed by atoms with Crippen molar-refractivity contribution >= 4 is 30.9 Å². The number of ether oxygens (including phenoxy) is 1. The van der Waals surface area contributed by atoms with E-state index in [9.17, 15) is 9.59 Å². The third-order valence-electron chi connectivity index (χ3n) is 8.34. The Morgan fingerprint density at radius 3 is 2.09 bits per heavy atom. The highest BCUT2D eigenvalue weighted by Gasteiger charge is 2.46. The summed E-state index contributed by atoms with van der Waals surface area (Å²) >= 11 is 0. The van der Waals surface area contributed by atoms with Gasteiger partial charge in [-0.15, -0.1) is 0 Å². The van der Waals surface area contributed by atoms with Crippen LogP contribution in [0.1, 0.15) is 102 Å². The molecule has 1 heterocycles. The van der Waals surface area contributed by atoms with Crippen LogP contribution in [0.4, 0.5) is 0 Å². The van der Waals surface area contributed by atoms with Crippen molar-refractivity contribution in [1.82, 2.24) is 4.23 Å². The van der Waals surface area contributed by atoms with Crippen molar-refractivity contribution in [2.75, 3.05) is 7.11 Å². The second-order valence-electron chi connectivity index (χ2n) is 11.1. The zero-order chi connectivity index (χ0) is 24.5. The van der Waals surface area contributed by atoms with Crippen molar-refractivity contribution < 1.29 is 14.3 Å². The molecule has 1 saturated carbocycles. The van der Waals surface area contributed by atoms with Gasteiger partial charge in [-0.2, -0.15) is 0 Å². The molecular formula is C28H43NO3Si. The first-order valence-corrected chi connectivity index (χ1v) is 15.0.